The maximum atomic E-state index is 14.5. The van der Waals surface area contributed by atoms with Crippen molar-refractivity contribution in [2.24, 2.45) is 0 Å². The average Bonchev–Trinajstić information content (AvgIpc) is 3.22. The van der Waals surface area contributed by atoms with Gasteiger partial charge in [-0.1, -0.05) is 0 Å². The van der Waals surface area contributed by atoms with Crippen LogP contribution in [-0.2, 0) is 17.7 Å². The van der Waals surface area contributed by atoms with E-state index >= 15 is 0 Å². The summed E-state index contributed by atoms with van der Waals surface area (Å²) in [6.07, 6.45) is 3.56. The van der Waals surface area contributed by atoms with Gasteiger partial charge in [0.1, 0.15) is 34.5 Å². The zero-order chi connectivity index (χ0) is 17.7. The highest BCUT2D eigenvalue weighted by Crippen LogP contribution is 2.34. The molecule has 7 heteroatoms. The van der Waals surface area contributed by atoms with E-state index in [0.717, 1.165) is 49.6 Å². The van der Waals surface area contributed by atoms with Crippen molar-refractivity contribution in [2.75, 3.05) is 13.2 Å². The van der Waals surface area contributed by atoms with Crippen LogP contribution in [0.25, 0.3) is 22.4 Å². The second-order valence-electron chi connectivity index (χ2n) is 6.90. The summed E-state index contributed by atoms with van der Waals surface area (Å²) in [4.78, 5) is 14.1. The fourth-order valence-corrected chi connectivity index (χ4v) is 3.93. The minimum absolute atomic E-state index is 0.173. The smallest absolute Gasteiger partial charge is 0.181 e. The van der Waals surface area contributed by atoms with Gasteiger partial charge >= 0.3 is 0 Å². The standard InChI is InChI=1S/C19H18F2N4O/c20-12-3-4-13(14(21)10-12)16-17-19(22-15-2-1-7-25(15)17)24-18(23-16)11-5-8-26-9-6-11/h3-4,10-11H,1-2,5-9H2. The number of nitrogens with zero attached hydrogens (tertiary/aromatic N) is 4. The van der Waals surface area contributed by atoms with Gasteiger partial charge in [-0.05, 0) is 31.4 Å². The van der Waals surface area contributed by atoms with E-state index in [1.165, 1.54) is 12.1 Å². The number of aryl methyl sites for hydroxylation is 2. The zero-order valence-electron chi connectivity index (χ0n) is 14.2. The summed E-state index contributed by atoms with van der Waals surface area (Å²) in [7, 11) is 0. The van der Waals surface area contributed by atoms with E-state index in [0.29, 0.717) is 35.9 Å². The number of fused-ring (bicyclic) bond motifs is 3. The summed E-state index contributed by atoms with van der Waals surface area (Å²) in [5.74, 6) is 0.599. The van der Waals surface area contributed by atoms with Crippen molar-refractivity contribution < 1.29 is 13.5 Å². The van der Waals surface area contributed by atoms with Crippen molar-refractivity contribution in [2.45, 2.75) is 38.1 Å². The van der Waals surface area contributed by atoms with E-state index in [1.54, 1.807) is 0 Å². The molecule has 1 fully saturated rings. The van der Waals surface area contributed by atoms with Gasteiger partial charge in [0, 0.05) is 43.7 Å². The van der Waals surface area contributed by atoms with E-state index in [-0.39, 0.29) is 5.92 Å². The Hall–Kier alpha value is -2.41. The molecule has 0 aliphatic carbocycles. The first-order valence-corrected chi connectivity index (χ1v) is 9.01. The molecule has 0 saturated carbocycles. The van der Waals surface area contributed by atoms with Gasteiger partial charge < -0.3 is 9.30 Å². The van der Waals surface area contributed by atoms with Gasteiger partial charge in [0.15, 0.2) is 5.65 Å². The topological polar surface area (TPSA) is 52.8 Å². The molecule has 0 N–H and O–H groups in total. The lowest BCUT2D eigenvalue weighted by atomic mass is 9.99. The zero-order valence-corrected chi connectivity index (χ0v) is 14.2. The Morgan fingerprint density at radius 2 is 1.92 bits per heavy atom. The third-order valence-corrected chi connectivity index (χ3v) is 5.25. The molecule has 1 aromatic carbocycles. The Morgan fingerprint density at radius 1 is 1.08 bits per heavy atom. The Kier molecular flexibility index (Phi) is 3.70. The summed E-state index contributed by atoms with van der Waals surface area (Å²) in [5.41, 5.74) is 2.16. The molecule has 0 atom stereocenters. The van der Waals surface area contributed by atoms with Gasteiger partial charge in [-0.3, -0.25) is 0 Å². The van der Waals surface area contributed by atoms with Crippen molar-refractivity contribution >= 4 is 11.2 Å². The van der Waals surface area contributed by atoms with Gasteiger partial charge in [-0.25, -0.2) is 23.7 Å². The Balaban J connectivity index is 1.75. The van der Waals surface area contributed by atoms with Gasteiger partial charge in [0.25, 0.3) is 0 Å². The minimum Gasteiger partial charge on any atom is -0.381 e. The first kappa shape index (κ1) is 15.8. The summed E-state index contributed by atoms with van der Waals surface area (Å²) < 4.78 is 35.4. The molecule has 2 aliphatic rings. The fourth-order valence-electron chi connectivity index (χ4n) is 3.93. The van der Waals surface area contributed by atoms with E-state index in [2.05, 4.69) is 9.55 Å². The molecule has 26 heavy (non-hydrogen) atoms. The maximum Gasteiger partial charge on any atom is 0.181 e. The number of halogens is 2. The first-order valence-electron chi connectivity index (χ1n) is 9.01. The van der Waals surface area contributed by atoms with Crippen LogP contribution in [0, 0.1) is 11.6 Å². The quantitative estimate of drug-likeness (QED) is 0.704. The molecule has 0 unspecified atom stereocenters. The summed E-state index contributed by atoms with van der Waals surface area (Å²) >= 11 is 0. The molecule has 4 heterocycles. The third-order valence-electron chi connectivity index (χ3n) is 5.25. The molecule has 134 valence electrons. The van der Waals surface area contributed by atoms with E-state index in [1.807, 2.05) is 0 Å². The van der Waals surface area contributed by atoms with Gasteiger partial charge in [-0.2, -0.15) is 0 Å². The number of hydrogen-bond acceptors (Lipinski definition) is 4. The van der Waals surface area contributed by atoms with Crippen LogP contribution in [0.5, 0.6) is 0 Å². The van der Waals surface area contributed by atoms with Crippen LogP contribution < -0.4 is 0 Å². The molecule has 0 amide bonds. The van der Waals surface area contributed by atoms with Crippen molar-refractivity contribution in [1.29, 1.82) is 0 Å². The van der Waals surface area contributed by atoms with Crippen LogP contribution in [-0.4, -0.2) is 32.7 Å². The van der Waals surface area contributed by atoms with E-state index in [9.17, 15) is 8.78 Å². The largest absolute Gasteiger partial charge is 0.381 e. The molecular formula is C19H18F2N4O. The number of aromatic nitrogens is 4. The lowest BCUT2D eigenvalue weighted by Gasteiger charge is -2.21. The Labute approximate surface area is 149 Å². The molecule has 0 spiro atoms. The molecule has 0 radical (unpaired) electrons. The van der Waals surface area contributed by atoms with Crippen molar-refractivity contribution in [1.82, 2.24) is 19.5 Å². The summed E-state index contributed by atoms with van der Waals surface area (Å²) in [5, 5.41) is 0. The molecule has 1 saturated heterocycles. The van der Waals surface area contributed by atoms with Crippen molar-refractivity contribution in [3.05, 3.63) is 41.5 Å². The lowest BCUT2D eigenvalue weighted by Crippen LogP contribution is -2.17. The molecule has 0 bridgehead atoms. The van der Waals surface area contributed by atoms with Crippen LogP contribution in [0.1, 0.15) is 36.8 Å². The highest BCUT2D eigenvalue weighted by atomic mass is 19.1. The minimum atomic E-state index is -0.614. The van der Waals surface area contributed by atoms with Crippen LogP contribution in [0.2, 0.25) is 0 Å². The normalized spacial score (nSPS) is 17.8. The average molecular weight is 356 g/mol. The van der Waals surface area contributed by atoms with Crippen LogP contribution >= 0.6 is 0 Å². The highest BCUT2D eigenvalue weighted by Gasteiger charge is 2.26. The van der Waals surface area contributed by atoms with Crippen molar-refractivity contribution in [3.8, 4) is 11.3 Å². The second kappa shape index (κ2) is 6.09. The SMILES string of the molecule is Fc1ccc(-c2nc(C3CCOCC3)nc3nc4n(c23)CCC4)c(F)c1. The van der Waals surface area contributed by atoms with Gasteiger partial charge in [0.2, 0.25) is 0 Å². The molecule has 5 rings (SSSR count). The highest BCUT2D eigenvalue weighted by molar-refractivity contribution is 5.88. The number of hydrogen-bond donors (Lipinski definition) is 0. The van der Waals surface area contributed by atoms with Gasteiger partial charge in [-0.15, -0.1) is 0 Å². The maximum absolute atomic E-state index is 14.5. The Morgan fingerprint density at radius 3 is 2.73 bits per heavy atom. The monoisotopic (exact) mass is 356 g/mol. The predicted molar refractivity (Wildman–Crippen MR) is 91.8 cm³/mol. The fraction of sp³-hybridized carbons (Fsp3) is 0.421. The van der Waals surface area contributed by atoms with Crippen LogP contribution in [0.4, 0.5) is 8.78 Å². The summed E-state index contributed by atoms with van der Waals surface area (Å²) in [6, 6.07) is 3.62. The summed E-state index contributed by atoms with van der Waals surface area (Å²) in [6.45, 7) is 2.17. The van der Waals surface area contributed by atoms with Crippen molar-refractivity contribution in [3.63, 3.8) is 0 Å². The van der Waals surface area contributed by atoms with Gasteiger partial charge in [0.05, 0.1) is 0 Å². The molecule has 5 nitrogen and oxygen atoms in total. The number of rotatable bonds is 2. The first-order chi connectivity index (χ1) is 12.7. The van der Waals surface area contributed by atoms with Crippen LogP contribution in [0.15, 0.2) is 18.2 Å². The van der Waals surface area contributed by atoms with E-state index < -0.39 is 11.6 Å². The molecule has 2 aliphatic heterocycles. The number of ether oxygens (including phenoxy) is 1. The lowest BCUT2D eigenvalue weighted by molar-refractivity contribution is 0.0836. The number of imidazole rings is 1. The van der Waals surface area contributed by atoms with Crippen LogP contribution in [0.3, 0.4) is 0 Å². The Bertz CT molecular complexity index is 995. The second-order valence-corrected chi connectivity index (χ2v) is 6.90. The number of benzene rings is 1. The predicted octanol–water partition coefficient (Wildman–Crippen LogP) is 3.61. The molecule has 3 aromatic rings. The third kappa shape index (κ3) is 2.49. The molecular weight excluding hydrogens is 338 g/mol. The molecule has 2 aromatic heterocycles. The van der Waals surface area contributed by atoms with E-state index in [4.69, 9.17) is 14.7 Å².